The van der Waals surface area contributed by atoms with Gasteiger partial charge < -0.3 is 15.4 Å². The van der Waals surface area contributed by atoms with E-state index in [-0.39, 0.29) is 17.1 Å². The van der Waals surface area contributed by atoms with Crippen LogP contribution in [0.5, 0.6) is 5.75 Å². The van der Waals surface area contributed by atoms with Crippen molar-refractivity contribution in [1.82, 2.24) is 15.3 Å². The number of thiocarbonyl (C=S) groups is 1. The molecule has 0 saturated carbocycles. The fourth-order valence-corrected chi connectivity index (χ4v) is 1.78. The highest BCUT2D eigenvalue weighted by Gasteiger charge is 2.07. The summed E-state index contributed by atoms with van der Waals surface area (Å²) in [7, 11) is 0. The van der Waals surface area contributed by atoms with E-state index in [0.29, 0.717) is 17.3 Å². The smallest absolute Gasteiger partial charge is 0.177 e. The molecule has 0 aliphatic rings. The van der Waals surface area contributed by atoms with Gasteiger partial charge in [0.2, 0.25) is 0 Å². The Morgan fingerprint density at radius 3 is 2.77 bits per heavy atom. The van der Waals surface area contributed by atoms with E-state index in [1.807, 2.05) is 13.8 Å². The highest BCUT2D eigenvalue weighted by atomic mass is 32.1. The first-order valence-corrected chi connectivity index (χ1v) is 7.08. The van der Waals surface area contributed by atoms with Crippen molar-refractivity contribution in [3.05, 3.63) is 48.4 Å². The largest absolute Gasteiger partial charge is 0.489 e. The molecule has 0 fully saturated rings. The molecule has 0 saturated heterocycles. The summed E-state index contributed by atoms with van der Waals surface area (Å²) in [5.41, 5.74) is 0.463. The number of anilines is 1. The number of aromatic nitrogens is 2. The van der Waals surface area contributed by atoms with Crippen LogP contribution in [0, 0.1) is 11.5 Å². The van der Waals surface area contributed by atoms with Crippen molar-refractivity contribution in [2.24, 2.45) is 0 Å². The first kappa shape index (κ1) is 15.8. The van der Waals surface area contributed by atoms with E-state index in [4.69, 9.17) is 22.4 Å². The van der Waals surface area contributed by atoms with Gasteiger partial charge in [-0.2, -0.15) is 0 Å². The van der Waals surface area contributed by atoms with Crippen LogP contribution in [0.3, 0.4) is 0 Å². The standard InChI is InChI=1S/C15H16N5OS/c1-10(2)21-11-6-7-12(18-9-11)14(16)20-15(22)19-13-5-3-4-8-17-13/h3-4,6-10H,1-2H3,(H3,16,17,19,20,22). The second-order valence-corrected chi connectivity index (χ2v) is 5.04. The maximum absolute atomic E-state index is 7.97. The van der Waals surface area contributed by atoms with E-state index < -0.39 is 0 Å². The highest BCUT2D eigenvalue weighted by Crippen LogP contribution is 2.11. The Bertz CT molecular complexity index is 643. The van der Waals surface area contributed by atoms with Crippen LogP contribution in [0.25, 0.3) is 0 Å². The monoisotopic (exact) mass is 314 g/mol. The zero-order chi connectivity index (χ0) is 15.9. The van der Waals surface area contributed by atoms with Gasteiger partial charge in [-0.25, -0.2) is 9.97 Å². The summed E-state index contributed by atoms with van der Waals surface area (Å²) in [6.07, 6.45) is 3.28. The van der Waals surface area contributed by atoms with Crippen molar-refractivity contribution in [2.45, 2.75) is 20.0 Å². The van der Waals surface area contributed by atoms with E-state index in [1.165, 1.54) is 0 Å². The lowest BCUT2D eigenvalue weighted by Gasteiger charge is -2.11. The van der Waals surface area contributed by atoms with Crippen LogP contribution in [-0.4, -0.2) is 27.0 Å². The van der Waals surface area contributed by atoms with Crippen LogP contribution in [0.2, 0.25) is 0 Å². The molecule has 2 heterocycles. The first-order chi connectivity index (χ1) is 10.5. The van der Waals surface area contributed by atoms with Gasteiger partial charge in [0.15, 0.2) is 10.9 Å². The van der Waals surface area contributed by atoms with Crippen LogP contribution in [0.15, 0.2) is 36.7 Å². The second kappa shape index (κ2) is 7.46. The lowest BCUT2D eigenvalue weighted by molar-refractivity contribution is 0.241. The van der Waals surface area contributed by atoms with Crippen molar-refractivity contribution < 1.29 is 4.74 Å². The van der Waals surface area contributed by atoms with Crippen LogP contribution in [-0.2, 0) is 0 Å². The lowest BCUT2D eigenvalue weighted by Crippen LogP contribution is -2.34. The van der Waals surface area contributed by atoms with Gasteiger partial charge in [0.05, 0.1) is 12.3 Å². The summed E-state index contributed by atoms with van der Waals surface area (Å²) in [6, 6.07) is 9.83. The topological polar surface area (TPSA) is 82.9 Å². The second-order valence-electron chi connectivity index (χ2n) is 4.63. The third-order valence-corrected chi connectivity index (χ3v) is 2.64. The summed E-state index contributed by atoms with van der Waals surface area (Å²) in [5.74, 6) is 1.24. The maximum atomic E-state index is 7.97. The van der Waals surface area contributed by atoms with Crippen molar-refractivity contribution in [1.29, 1.82) is 5.41 Å². The SMILES string of the molecule is CC(C)Oc1ccc(C(=N)NC(=S)Nc2[c]cccn2)nc1. The van der Waals surface area contributed by atoms with Crippen LogP contribution in [0.4, 0.5) is 5.82 Å². The number of nitrogens with one attached hydrogen (secondary N) is 3. The molecule has 0 aliphatic heterocycles. The number of rotatable bonds is 4. The minimum Gasteiger partial charge on any atom is -0.489 e. The van der Waals surface area contributed by atoms with Gasteiger partial charge in [0, 0.05) is 12.3 Å². The highest BCUT2D eigenvalue weighted by molar-refractivity contribution is 7.80. The van der Waals surface area contributed by atoms with Crippen molar-refractivity contribution in [3.63, 3.8) is 0 Å². The molecular formula is C15H16N5OS. The zero-order valence-corrected chi connectivity index (χ0v) is 13.1. The molecule has 0 bridgehead atoms. The lowest BCUT2D eigenvalue weighted by atomic mass is 10.3. The Hall–Kier alpha value is -2.54. The predicted octanol–water partition coefficient (Wildman–Crippen LogP) is 2.38. The van der Waals surface area contributed by atoms with Gasteiger partial charge in [0.1, 0.15) is 17.3 Å². The number of amidine groups is 1. The molecule has 0 spiro atoms. The van der Waals surface area contributed by atoms with Crippen LogP contribution in [0.1, 0.15) is 19.5 Å². The molecule has 0 aliphatic carbocycles. The molecule has 0 unspecified atom stereocenters. The average Bonchev–Trinajstić information content (AvgIpc) is 2.48. The van der Waals surface area contributed by atoms with E-state index in [0.717, 1.165) is 0 Å². The number of hydrogen-bond acceptors (Lipinski definition) is 5. The Labute approximate surface area is 134 Å². The Balaban J connectivity index is 1.92. The van der Waals surface area contributed by atoms with Gasteiger partial charge in [-0.1, -0.05) is 0 Å². The maximum Gasteiger partial charge on any atom is 0.177 e. The van der Waals surface area contributed by atoms with E-state index >= 15 is 0 Å². The van der Waals surface area contributed by atoms with E-state index in [9.17, 15) is 0 Å². The molecule has 0 amide bonds. The molecule has 7 heteroatoms. The summed E-state index contributed by atoms with van der Waals surface area (Å²) < 4.78 is 5.51. The molecular weight excluding hydrogens is 298 g/mol. The van der Waals surface area contributed by atoms with Crippen LogP contribution < -0.4 is 15.4 Å². The fourth-order valence-electron chi connectivity index (χ4n) is 1.58. The molecule has 3 N–H and O–H groups in total. The quantitative estimate of drug-likeness (QED) is 0.456. The summed E-state index contributed by atoms with van der Waals surface area (Å²) in [6.45, 7) is 3.88. The number of ether oxygens (including phenoxy) is 1. The number of hydrogen-bond donors (Lipinski definition) is 3. The Morgan fingerprint density at radius 2 is 2.18 bits per heavy atom. The predicted molar refractivity (Wildman–Crippen MR) is 89.3 cm³/mol. The zero-order valence-electron chi connectivity index (χ0n) is 12.3. The summed E-state index contributed by atoms with van der Waals surface area (Å²) in [5, 5.41) is 13.8. The van der Waals surface area contributed by atoms with Crippen molar-refractivity contribution >= 4 is 29.0 Å². The normalized spacial score (nSPS) is 10.1. The summed E-state index contributed by atoms with van der Waals surface area (Å²) >= 11 is 5.12. The molecule has 2 aromatic heterocycles. The molecule has 22 heavy (non-hydrogen) atoms. The third-order valence-electron chi connectivity index (χ3n) is 2.44. The fraction of sp³-hybridized carbons (Fsp3) is 0.200. The molecule has 113 valence electrons. The third kappa shape index (κ3) is 4.78. The van der Waals surface area contributed by atoms with Gasteiger partial charge in [-0.3, -0.25) is 5.41 Å². The minimum atomic E-state index is 0.0802. The molecule has 0 atom stereocenters. The Kier molecular flexibility index (Phi) is 5.37. The Morgan fingerprint density at radius 1 is 1.36 bits per heavy atom. The molecule has 1 radical (unpaired) electrons. The first-order valence-electron chi connectivity index (χ1n) is 6.67. The van der Waals surface area contributed by atoms with Gasteiger partial charge in [-0.15, -0.1) is 0 Å². The van der Waals surface area contributed by atoms with E-state index in [2.05, 4.69) is 26.7 Å². The van der Waals surface area contributed by atoms with Crippen molar-refractivity contribution in [3.8, 4) is 5.75 Å². The van der Waals surface area contributed by atoms with Gasteiger partial charge in [0.25, 0.3) is 0 Å². The average molecular weight is 314 g/mol. The van der Waals surface area contributed by atoms with Gasteiger partial charge >= 0.3 is 0 Å². The van der Waals surface area contributed by atoms with Gasteiger partial charge in [-0.05, 0) is 50.3 Å². The molecule has 2 aromatic rings. The van der Waals surface area contributed by atoms with Crippen molar-refractivity contribution in [2.75, 3.05) is 5.32 Å². The molecule has 2 rings (SSSR count). The van der Waals surface area contributed by atoms with E-state index in [1.54, 1.807) is 36.7 Å². The van der Waals surface area contributed by atoms with Crippen LogP contribution >= 0.6 is 12.2 Å². The number of pyridine rings is 2. The minimum absolute atomic E-state index is 0.0802. The molecule has 0 aromatic carbocycles. The molecule has 6 nitrogen and oxygen atoms in total. The summed E-state index contributed by atoms with van der Waals surface area (Å²) in [4.78, 5) is 8.21. The number of nitrogens with zero attached hydrogens (tertiary/aromatic N) is 2.